The molecule has 0 N–H and O–H groups in total. The van der Waals surface area contributed by atoms with E-state index >= 15 is 0 Å². The molecule has 2 aliphatic rings. The summed E-state index contributed by atoms with van der Waals surface area (Å²) in [6, 6.07) is 33.3. The lowest BCUT2D eigenvalue weighted by Gasteiger charge is -2.52. The summed E-state index contributed by atoms with van der Waals surface area (Å²) in [7, 11) is 3.44. The molecule has 244 valence electrons. The van der Waals surface area contributed by atoms with E-state index in [2.05, 4.69) is 19.1 Å². The molecule has 47 heavy (non-hydrogen) atoms. The van der Waals surface area contributed by atoms with E-state index in [0.29, 0.717) is 18.1 Å². The zero-order valence-electron chi connectivity index (χ0n) is 27.6. The number of benzene rings is 4. The van der Waals surface area contributed by atoms with Gasteiger partial charge in [0, 0.05) is 24.4 Å². The second-order valence-corrected chi connectivity index (χ2v) is 13.8. The van der Waals surface area contributed by atoms with Gasteiger partial charge in [-0.3, -0.25) is 9.59 Å². The number of hydrogen-bond acceptors (Lipinski definition) is 6. The lowest BCUT2D eigenvalue weighted by molar-refractivity contribution is -0.173. The molecule has 2 aliphatic heterocycles. The Balaban J connectivity index is 1.37. The van der Waals surface area contributed by atoms with Crippen molar-refractivity contribution in [1.29, 1.82) is 0 Å². The van der Waals surface area contributed by atoms with Gasteiger partial charge in [0.05, 0.1) is 25.8 Å². The number of carbonyl (C=O) groups excluding carboxylic acids is 2. The van der Waals surface area contributed by atoms with Crippen LogP contribution in [0.2, 0.25) is 0 Å². The molecule has 2 amide bonds. The first-order valence-corrected chi connectivity index (χ1v) is 17.1. The molecular weight excluding hydrogens is 609 g/mol. The minimum absolute atomic E-state index is 0.0852. The zero-order valence-corrected chi connectivity index (χ0v) is 28.4. The van der Waals surface area contributed by atoms with Crippen LogP contribution in [-0.4, -0.2) is 53.7 Å². The molecule has 0 spiro atoms. The van der Waals surface area contributed by atoms with Crippen LogP contribution in [0.3, 0.4) is 0 Å². The first-order chi connectivity index (χ1) is 22.8. The molecule has 8 heteroatoms. The Labute approximate surface area is 281 Å². The van der Waals surface area contributed by atoms with Crippen molar-refractivity contribution in [1.82, 2.24) is 4.90 Å². The van der Waals surface area contributed by atoms with E-state index in [9.17, 15) is 9.59 Å². The highest BCUT2D eigenvalue weighted by molar-refractivity contribution is 8.02. The maximum absolute atomic E-state index is 14.3. The Hall–Kier alpha value is -4.27. The Bertz CT molecular complexity index is 1700. The predicted octanol–water partition coefficient (Wildman–Crippen LogP) is 8.07. The third-order valence-corrected chi connectivity index (χ3v) is 10.6. The number of hydrogen-bond donors (Lipinski definition) is 0. The molecule has 4 aromatic carbocycles. The maximum atomic E-state index is 14.3. The van der Waals surface area contributed by atoms with E-state index in [1.807, 2.05) is 110 Å². The average molecular weight is 651 g/mol. The van der Waals surface area contributed by atoms with Crippen molar-refractivity contribution in [2.45, 2.75) is 62.0 Å². The van der Waals surface area contributed by atoms with Gasteiger partial charge in [-0.1, -0.05) is 86.1 Å². The first kappa shape index (κ1) is 32.7. The van der Waals surface area contributed by atoms with E-state index in [1.54, 1.807) is 18.9 Å². The van der Waals surface area contributed by atoms with Crippen LogP contribution < -0.4 is 14.4 Å². The maximum Gasteiger partial charge on any atom is 0.265 e. The van der Waals surface area contributed by atoms with Gasteiger partial charge in [-0.25, -0.2) is 0 Å². The van der Waals surface area contributed by atoms with Crippen LogP contribution in [0.5, 0.6) is 11.5 Å². The van der Waals surface area contributed by atoms with Crippen molar-refractivity contribution in [2.24, 2.45) is 0 Å². The van der Waals surface area contributed by atoms with Gasteiger partial charge in [0.1, 0.15) is 22.9 Å². The Morgan fingerprint density at radius 2 is 1.55 bits per heavy atom. The van der Waals surface area contributed by atoms with Crippen molar-refractivity contribution in [3.05, 3.63) is 114 Å². The molecule has 5 atom stereocenters. The second kappa shape index (κ2) is 13.8. The van der Waals surface area contributed by atoms with Crippen molar-refractivity contribution in [3.63, 3.8) is 0 Å². The highest BCUT2D eigenvalue weighted by atomic mass is 32.2. The number of rotatable bonds is 11. The molecule has 2 saturated heterocycles. The van der Waals surface area contributed by atoms with Crippen LogP contribution in [0.15, 0.2) is 103 Å². The van der Waals surface area contributed by atoms with Gasteiger partial charge in [0.2, 0.25) is 5.91 Å². The van der Waals surface area contributed by atoms with Gasteiger partial charge in [-0.15, -0.1) is 11.8 Å². The van der Waals surface area contributed by atoms with E-state index < -0.39 is 16.2 Å². The average Bonchev–Trinajstić information content (AvgIpc) is 3.11. The Morgan fingerprint density at radius 3 is 2.21 bits per heavy atom. The van der Waals surface area contributed by atoms with Crippen molar-refractivity contribution < 1.29 is 23.8 Å². The number of thioether (sulfide) groups is 1. The monoisotopic (exact) mass is 650 g/mol. The van der Waals surface area contributed by atoms with Crippen LogP contribution in [0.1, 0.15) is 56.9 Å². The van der Waals surface area contributed by atoms with Crippen LogP contribution in [0.4, 0.5) is 5.69 Å². The molecule has 6 rings (SSSR count). The lowest BCUT2D eigenvalue weighted by Crippen LogP contribution is -2.62. The van der Waals surface area contributed by atoms with Crippen LogP contribution in [0.25, 0.3) is 11.1 Å². The Morgan fingerprint density at radius 1 is 0.894 bits per heavy atom. The summed E-state index contributed by atoms with van der Waals surface area (Å²) in [5.41, 5.74) is 4.80. The van der Waals surface area contributed by atoms with Gasteiger partial charge < -0.3 is 24.0 Å². The van der Waals surface area contributed by atoms with E-state index in [0.717, 1.165) is 40.8 Å². The van der Waals surface area contributed by atoms with Crippen molar-refractivity contribution >= 4 is 29.3 Å². The number of carbonyl (C=O) groups is 2. The second-order valence-electron chi connectivity index (χ2n) is 12.3. The summed E-state index contributed by atoms with van der Waals surface area (Å²) >= 11 is 1.29. The topological polar surface area (TPSA) is 68.3 Å². The van der Waals surface area contributed by atoms with Crippen LogP contribution in [0, 0.1) is 0 Å². The number of methoxy groups -OCH3 is 1. The highest BCUT2D eigenvalue weighted by Gasteiger charge is 2.57. The van der Waals surface area contributed by atoms with E-state index in [4.69, 9.17) is 14.2 Å². The minimum atomic E-state index is -1.29. The first-order valence-electron chi connectivity index (χ1n) is 16.2. The third kappa shape index (κ3) is 6.36. The number of unbranched alkanes of at least 4 members (excludes halogenated alkanes) is 1. The molecule has 0 bridgehead atoms. The molecule has 0 aliphatic carbocycles. The fraction of sp³-hybridized carbons (Fsp3) is 0.333. The highest BCUT2D eigenvalue weighted by Crippen LogP contribution is 2.53. The summed E-state index contributed by atoms with van der Waals surface area (Å²) in [5, 5.41) is -0.599. The van der Waals surface area contributed by atoms with Gasteiger partial charge >= 0.3 is 0 Å². The van der Waals surface area contributed by atoms with E-state index in [-0.39, 0.29) is 24.0 Å². The number of anilines is 1. The van der Waals surface area contributed by atoms with Crippen LogP contribution in [-0.2, 0) is 14.3 Å². The molecule has 2 fully saturated rings. The van der Waals surface area contributed by atoms with Crippen LogP contribution >= 0.6 is 11.8 Å². The summed E-state index contributed by atoms with van der Waals surface area (Å²) in [5.74, 6) is 1.10. The largest absolute Gasteiger partial charge is 0.497 e. The quantitative estimate of drug-likeness (QED) is 0.121. The number of amides is 2. The molecule has 7 nitrogen and oxygen atoms in total. The smallest absolute Gasteiger partial charge is 0.265 e. The minimum Gasteiger partial charge on any atom is -0.497 e. The molecule has 2 heterocycles. The van der Waals surface area contributed by atoms with Gasteiger partial charge in [-0.05, 0) is 61.2 Å². The van der Waals surface area contributed by atoms with Gasteiger partial charge in [-0.2, -0.15) is 0 Å². The standard InChI is InChI=1S/C39H42N2O5S/c1-6-7-24-45-33-25-31(44-5)22-23-32(33)34-36(37(42)41(34)30-20-18-28(19-21-30)27-14-10-8-11-15-27)47-39(3)38(43)40(4)26(2)35(46-39)29-16-12-9-13-17-29/h8-23,25-26,34-36H,6-7,24H2,1-5H3/t26-,34+,35-,36-,39+/m0/s1. The Kier molecular flexibility index (Phi) is 9.62. The summed E-state index contributed by atoms with van der Waals surface area (Å²) in [6.07, 6.45) is 1.54. The summed E-state index contributed by atoms with van der Waals surface area (Å²) in [6.45, 7) is 6.46. The number of ether oxygens (including phenoxy) is 3. The predicted molar refractivity (Wildman–Crippen MR) is 188 cm³/mol. The zero-order chi connectivity index (χ0) is 33.1. The fourth-order valence-corrected chi connectivity index (χ4v) is 7.86. The number of nitrogens with zero attached hydrogens (tertiary/aromatic N) is 2. The summed E-state index contributed by atoms with van der Waals surface area (Å²) < 4.78 is 18.6. The molecule has 0 saturated carbocycles. The molecule has 0 unspecified atom stereocenters. The number of morpholine rings is 1. The summed E-state index contributed by atoms with van der Waals surface area (Å²) in [4.78, 5) is 30.5. The van der Waals surface area contributed by atoms with Gasteiger partial charge in [0.15, 0.2) is 4.93 Å². The fourth-order valence-electron chi connectivity index (χ4n) is 6.36. The molecular formula is C39H42N2O5S. The number of β-lactam (4-membered cyclic amide) rings is 1. The normalized spacial score (nSPS) is 24.2. The third-order valence-electron chi connectivity index (χ3n) is 9.18. The van der Waals surface area contributed by atoms with Gasteiger partial charge in [0.25, 0.3) is 5.91 Å². The van der Waals surface area contributed by atoms with E-state index in [1.165, 1.54) is 11.8 Å². The molecule has 0 aromatic heterocycles. The molecule has 0 radical (unpaired) electrons. The van der Waals surface area contributed by atoms with Crippen molar-refractivity contribution in [2.75, 3.05) is 25.7 Å². The lowest BCUT2D eigenvalue weighted by atomic mass is 9.91. The SMILES string of the molecule is CCCCOc1cc(OC)ccc1[C@@H]1[C@H](S[C@@]2(C)O[C@H](c3ccccc3)[C@H](C)N(C)C2=O)C(=O)N1c1ccc(-c2ccccc2)cc1. The molecule has 4 aromatic rings. The van der Waals surface area contributed by atoms with Crippen molar-refractivity contribution in [3.8, 4) is 22.6 Å². The number of likely N-dealkylation sites (N-methyl/N-ethyl adjacent to an activating group) is 1.